The summed E-state index contributed by atoms with van der Waals surface area (Å²) in [6.07, 6.45) is 0. The fraction of sp³-hybridized carbons (Fsp3) is 0.286. The van der Waals surface area contributed by atoms with Gasteiger partial charge in [0.05, 0.1) is 12.1 Å². The van der Waals surface area contributed by atoms with Crippen molar-refractivity contribution in [2.24, 2.45) is 5.92 Å². The molecule has 2 rings (SSSR count). The minimum atomic E-state index is -1.01. The smallest absolute Gasteiger partial charge is 0.292 e. The van der Waals surface area contributed by atoms with Gasteiger partial charge >= 0.3 is 0 Å². The summed E-state index contributed by atoms with van der Waals surface area (Å²) >= 11 is 0. The first kappa shape index (κ1) is 13.0. The highest BCUT2D eigenvalue weighted by Crippen LogP contribution is 2.36. The Morgan fingerprint density at radius 2 is 1.95 bits per heavy atom. The maximum Gasteiger partial charge on any atom is 0.292 e. The molecule has 0 radical (unpaired) electrons. The molecule has 5 nitrogen and oxygen atoms in total. The van der Waals surface area contributed by atoms with E-state index >= 15 is 0 Å². The predicted molar refractivity (Wildman–Crippen MR) is 65.7 cm³/mol. The minimum Gasteiger partial charge on any atom is -0.315 e. The van der Waals surface area contributed by atoms with E-state index in [1.807, 2.05) is 6.07 Å². The van der Waals surface area contributed by atoms with Gasteiger partial charge in [-0.25, -0.2) is 0 Å². The third-order valence-corrected chi connectivity index (χ3v) is 3.23. The highest BCUT2D eigenvalue weighted by Gasteiger charge is 2.49. The fourth-order valence-electron chi connectivity index (χ4n) is 2.40. The van der Waals surface area contributed by atoms with Crippen LogP contribution in [0.5, 0.6) is 0 Å². The average Bonchev–Trinajstić information content (AvgIpc) is 2.65. The van der Waals surface area contributed by atoms with E-state index in [4.69, 9.17) is 5.26 Å². The normalized spacial score (nSPS) is 22.4. The summed E-state index contributed by atoms with van der Waals surface area (Å²) in [6.45, 7) is 1.09. The van der Waals surface area contributed by atoms with Crippen molar-refractivity contribution in [3.8, 4) is 6.07 Å². The molecule has 0 aliphatic carbocycles. The summed E-state index contributed by atoms with van der Waals surface area (Å²) in [4.78, 5) is 36.6. The number of likely N-dealkylation sites (tertiary alicyclic amines) is 1. The second-order valence-corrected chi connectivity index (χ2v) is 4.40. The molecule has 1 saturated heterocycles. The van der Waals surface area contributed by atoms with Gasteiger partial charge in [-0.3, -0.25) is 14.4 Å². The van der Waals surface area contributed by atoms with Crippen molar-refractivity contribution in [2.45, 2.75) is 13.0 Å². The maximum atomic E-state index is 11.9. The molecular formula is C14H12N2O3. The highest BCUT2D eigenvalue weighted by molar-refractivity contribution is 6.42. The number of amides is 1. The first-order chi connectivity index (χ1) is 9.07. The summed E-state index contributed by atoms with van der Waals surface area (Å²) in [5, 5.41) is 8.78. The van der Waals surface area contributed by atoms with E-state index in [9.17, 15) is 14.4 Å². The SMILES string of the molecule is CC(=O)C1C(=O)C(=O)N(CC#N)C1c1ccccc1. The number of hydrogen-bond donors (Lipinski definition) is 0. The lowest BCUT2D eigenvalue weighted by Gasteiger charge is -2.24. The standard InChI is InChI=1S/C14H12N2O3/c1-9(17)11-12(10-5-3-2-4-6-10)16(8-7-15)14(19)13(11)18/h2-6,11-12H,8H2,1H3. The number of benzene rings is 1. The average molecular weight is 256 g/mol. The summed E-state index contributed by atoms with van der Waals surface area (Å²) in [5.41, 5.74) is 0.692. The van der Waals surface area contributed by atoms with Gasteiger partial charge in [0.25, 0.3) is 5.91 Å². The number of ketones is 2. The molecule has 0 bridgehead atoms. The van der Waals surface area contributed by atoms with Crippen molar-refractivity contribution >= 4 is 17.5 Å². The highest BCUT2D eigenvalue weighted by atomic mass is 16.2. The predicted octanol–water partition coefficient (Wildman–Crippen LogP) is 0.868. The Balaban J connectivity index is 2.50. The van der Waals surface area contributed by atoms with E-state index in [-0.39, 0.29) is 12.3 Å². The largest absolute Gasteiger partial charge is 0.315 e. The number of Topliss-reactive ketones (excluding diaryl/α,β-unsaturated/α-hetero) is 2. The molecule has 5 heteroatoms. The molecule has 0 saturated carbocycles. The van der Waals surface area contributed by atoms with Gasteiger partial charge < -0.3 is 4.90 Å². The van der Waals surface area contributed by atoms with Gasteiger partial charge in [-0.1, -0.05) is 30.3 Å². The van der Waals surface area contributed by atoms with E-state index < -0.39 is 23.7 Å². The summed E-state index contributed by atoms with van der Waals surface area (Å²) in [7, 11) is 0. The second-order valence-electron chi connectivity index (χ2n) is 4.40. The van der Waals surface area contributed by atoms with Crippen molar-refractivity contribution in [3.05, 3.63) is 35.9 Å². The lowest BCUT2D eigenvalue weighted by Crippen LogP contribution is -2.30. The van der Waals surface area contributed by atoms with Crippen LogP contribution in [0, 0.1) is 17.2 Å². The van der Waals surface area contributed by atoms with E-state index in [0.717, 1.165) is 0 Å². The van der Waals surface area contributed by atoms with Gasteiger partial charge in [-0.05, 0) is 12.5 Å². The zero-order valence-electron chi connectivity index (χ0n) is 10.4. The van der Waals surface area contributed by atoms with Crippen LogP contribution in [0.25, 0.3) is 0 Å². The lowest BCUT2D eigenvalue weighted by molar-refractivity contribution is -0.141. The van der Waals surface area contributed by atoms with Gasteiger partial charge in [0.2, 0.25) is 5.78 Å². The number of carbonyl (C=O) groups excluding carboxylic acids is 3. The number of carbonyl (C=O) groups is 3. The second kappa shape index (κ2) is 5.02. The summed E-state index contributed by atoms with van der Waals surface area (Å²) in [6, 6.07) is 10.0. The van der Waals surface area contributed by atoms with E-state index in [2.05, 4.69) is 0 Å². The number of rotatable bonds is 3. The molecule has 96 valence electrons. The van der Waals surface area contributed by atoms with Crippen LogP contribution in [-0.4, -0.2) is 28.9 Å². The van der Waals surface area contributed by atoms with Crippen molar-refractivity contribution in [2.75, 3.05) is 6.54 Å². The molecule has 1 heterocycles. The molecule has 1 aliphatic rings. The Morgan fingerprint density at radius 1 is 1.32 bits per heavy atom. The summed E-state index contributed by atoms with van der Waals surface area (Å²) in [5.74, 6) is -2.84. The molecular weight excluding hydrogens is 244 g/mol. The molecule has 0 N–H and O–H groups in total. The summed E-state index contributed by atoms with van der Waals surface area (Å²) < 4.78 is 0. The van der Waals surface area contributed by atoms with Crippen LogP contribution in [0.4, 0.5) is 0 Å². The fourth-order valence-corrected chi connectivity index (χ4v) is 2.40. The minimum absolute atomic E-state index is 0.200. The van der Waals surface area contributed by atoms with E-state index in [1.54, 1.807) is 30.3 Å². The first-order valence-corrected chi connectivity index (χ1v) is 5.85. The van der Waals surface area contributed by atoms with Gasteiger partial charge in [0.1, 0.15) is 18.2 Å². The monoisotopic (exact) mass is 256 g/mol. The lowest BCUT2D eigenvalue weighted by atomic mass is 9.90. The molecule has 2 atom stereocenters. The third kappa shape index (κ3) is 2.13. The molecule has 1 fully saturated rings. The van der Waals surface area contributed by atoms with Crippen molar-refractivity contribution in [1.29, 1.82) is 5.26 Å². The molecule has 1 amide bonds. The first-order valence-electron chi connectivity index (χ1n) is 5.85. The van der Waals surface area contributed by atoms with Gasteiger partial charge in [0.15, 0.2) is 0 Å². The third-order valence-electron chi connectivity index (χ3n) is 3.23. The van der Waals surface area contributed by atoms with Crippen molar-refractivity contribution in [3.63, 3.8) is 0 Å². The quantitative estimate of drug-likeness (QED) is 0.456. The molecule has 1 aromatic carbocycles. The van der Waals surface area contributed by atoms with Gasteiger partial charge in [-0.15, -0.1) is 0 Å². The Kier molecular flexibility index (Phi) is 3.43. The van der Waals surface area contributed by atoms with Crippen LogP contribution in [0.15, 0.2) is 30.3 Å². The number of nitrogens with zero attached hydrogens (tertiary/aromatic N) is 2. The van der Waals surface area contributed by atoms with Gasteiger partial charge in [-0.2, -0.15) is 5.26 Å². The Hall–Kier alpha value is -2.48. The maximum absolute atomic E-state index is 11.9. The molecule has 1 aromatic rings. The topological polar surface area (TPSA) is 78.2 Å². The molecule has 1 aliphatic heterocycles. The number of hydrogen-bond acceptors (Lipinski definition) is 4. The zero-order chi connectivity index (χ0) is 14.0. The van der Waals surface area contributed by atoms with Crippen molar-refractivity contribution in [1.82, 2.24) is 4.90 Å². The Labute approximate surface area is 110 Å². The van der Waals surface area contributed by atoms with Crippen LogP contribution in [0.3, 0.4) is 0 Å². The van der Waals surface area contributed by atoms with E-state index in [0.29, 0.717) is 5.56 Å². The van der Waals surface area contributed by atoms with Crippen LogP contribution < -0.4 is 0 Å². The van der Waals surface area contributed by atoms with Crippen LogP contribution >= 0.6 is 0 Å². The zero-order valence-corrected chi connectivity index (χ0v) is 10.4. The van der Waals surface area contributed by atoms with Crippen molar-refractivity contribution < 1.29 is 14.4 Å². The molecule has 0 spiro atoms. The Bertz CT molecular complexity index is 574. The van der Waals surface area contributed by atoms with Crippen LogP contribution in [-0.2, 0) is 14.4 Å². The Morgan fingerprint density at radius 3 is 2.47 bits per heavy atom. The number of nitriles is 1. The molecule has 19 heavy (non-hydrogen) atoms. The molecule has 2 unspecified atom stereocenters. The molecule has 0 aromatic heterocycles. The van der Waals surface area contributed by atoms with E-state index in [1.165, 1.54) is 11.8 Å². The van der Waals surface area contributed by atoms with Crippen LogP contribution in [0.2, 0.25) is 0 Å². The van der Waals surface area contributed by atoms with Gasteiger partial charge in [0, 0.05) is 0 Å². The van der Waals surface area contributed by atoms with Crippen LogP contribution in [0.1, 0.15) is 18.5 Å².